The van der Waals surface area contributed by atoms with Crippen LogP contribution in [0.5, 0.6) is 0 Å². The molecule has 9 nitrogen and oxygen atoms in total. The minimum Gasteiger partial charge on any atom is -0.467 e. The monoisotopic (exact) mass is 483 g/mol. The molecule has 0 saturated heterocycles. The number of hydrogen-bond donors (Lipinski definition) is 3. The van der Waals surface area contributed by atoms with Crippen LogP contribution in [0.25, 0.3) is 0 Å². The number of benzene rings is 1. The highest BCUT2D eigenvalue weighted by molar-refractivity contribution is 7.09. The number of furan rings is 1. The van der Waals surface area contributed by atoms with E-state index in [0.717, 1.165) is 23.5 Å². The van der Waals surface area contributed by atoms with E-state index in [2.05, 4.69) is 23.5 Å². The van der Waals surface area contributed by atoms with Gasteiger partial charge in [-0.3, -0.25) is 14.4 Å². The number of primary amides is 1. The van der Waals surface area contributed by atoms with Crippen LogP contribution in [0.2, 0.25) is 0 Å². The standard InChI is InChI=1S/C24H29N5O4S/c1-14(2)10-11-27-23(31)20(16-8-6-15(3)7-9-16)29(13-17-5-4-12-33-17)24(32)21-18(25)19(22(26)30)28-34-21/h4-9,12,14,20H,10-11,13,25H2,1-3H3,(H2,26,30)(H,27,31)/t20-/m1/s1. The lowest BCUT2D eigenvalue weighted by molar-refractivity contribution is -0.126. The zero-order valence-corrected chi connectivity index (χ0v) is 20.2. The third kappa shape index (κ3) is 5.82. The Balaban J connectivity index is 2.05. The summed E-state index contributed by atoms with van der Waals surface area (Å²) in [5.41, 5.74) is 12.7. The Morgan fingerprint density at radius 1 is 1.18 bits per heavy atom. The van der Waals surface area contributed by atoms with Crippen molar-refractivity contribution in [1.82, 2.24) is 14.6 Å². The van der Waals surface area contributed by atoms with Crippen LogP contribution in [-0.4, -0.2) is 33.5 Å². The molecule has 34 heavy (non-hydrogen) atoms. The van der Waals surface area contributed by atoms with Crippen molar-refractivity contribution in [2.45, 2.75) is 39.8 Å². The molecule has 0 spiro atoms. The molecule has 3 aromatic rings. The fourth-order valence-electron chi connectivity index (χ4n) is 3.41. The molecule has 0 bridgehead atoms. The molecule has 0 saturated carbocycles. The van der Waals surface area contributed by atoms with Crippen molar-refractivity contribution in [2.24, 2.45) is 11.7 Å². The van der Waals surface area contributed by atoms with E-state index in [1.54, 1.807) is 12.1 Å². The predicted octanol–water partition coefficient (Wildman–Crippen LogP) is 3.27. The number of anilines is 1. The molecule has 3 rings (SSSR count). The Bertz CT molecular complexity index is 1140. The Morgan fingerprint density at radius 3 is 2.44 bits per heavy atom. The fraction of sp³-hybridized carbons (Fsp3) is 0.333. The smallest absolute Gasteiger partial charge is 0.270 e. The summed E-state index contributed by atoms with van der Waals surface area (Å²) in [6, 6.07) is 9.84. The molecule has 1 aromatic carbocycles. The van der Waals surface area contributed by atoms with Crippen LogP contribution in [0.4, 0.5) is 5.69 Å². The number of hydrogen-bond acceptors (Lipinski definition) is 7. The van der Waals surface area contributed by atoms with E-state index < -0.39 is 17.9 Å². The molecule has 5 N–H and O–H groups in total. The van der Waals surface area contributed by atoms with Crippen molar-refractivity contribution in [3.63, 3.8) is 0 Å². The normalized spacial score (nSPS) is 11.9. The second kappa shape index (κ2) is 11.0. The summed E-state index contributed by atoms with van der Waals surface area (Å²) in [4.78, 5) is 40.2. The van der Waals surface area contributed by atoms with E-state index in [0.29, 0.717) is 23.8 Å². The van der Waals surface area contributed by atoms with E-state index in [1.165, 1.54) is 11.2 Å². The highest BCUT2D eigenvalue weighted by Crippen LogP contribution is 2.30. The highest BCUT2D eigenvalue weighted by Gasteiger charge is 2.35. The number of carbonyl (C=O) groups excluding carboxylic acids is 3. The van der Waals surface area contributed by atoms with Crippen LogP contribution in [0.3, 0.4) is 0 Å². The SMILES string of the molecule is Cc1ccc([C@H](C(=O)NCCC(C)C)N(Cc2ccco2)C(=O)c2snc(C(N)=O)c2N)cc1. The number of rotatable bonds is 10. The fourth-order valence-corrected chi connectivity index (χ4v) is 4.17. The van der Waals surface area contributed by atoms with Gasteiger partial charge in [0.1, 0.15) is 16.7 Å². The lowest BCUT2D eigenvalue weighted by Crippen LogP contribution is -2.43. The average molecular weight is 484 g/mol. The van der Waals surface area contributed by atoms with Crippen LogP contribution in [0, 0.1) is 12.8 Å². The lowest BCUT2D eigenvalue weighted by atomic mass is 10.0. The zero-order valence-electron chi connectivity index (χ0n) is 19.4. The summed E-state index contributed by atoms with van der Waals surface area (Å²) in [6.07, 6.45) is 2.29. The van der Waals surface area contributed by atoms with Gasteiger partial charge in [-0.1, -0.05) is 43.7 Å². The maximum absolute atomic E-state index is 13.7. The molecule has 10 heteroatoms. The van der Waals surface area contributed by atoms with E-state index >= 15 is 0 Å². The minimum absolute atomic E-state index is 0.00518. The first-order valence-electron chi connectivity index (χ1n) is 10.9. The second-order valence-electron chi connectivity index (χ2n) is 8.44. The van der Waals surface area contributed by atoms with E-state index in [1.807, 2.05) is 31.2 Å². The van der Waals surface area contributed by atoms with Crippen molar-refractivity contribution < 1.29 is 18.8 Å². The molecule has 2 heterocycles. The highest BCUT2D eigenvalue weighted by atomic mass is 32.1. The Kier molecular flexibility index (Phi) is 8.06. The third-order valence-electron chi connectivity index (χ3n) is 5.30. The van der Waals surface area contributed by atoms with Crippen molar-refractivity contribution in [1.29, 1.82) is 0 Å². The topological polar surface area (TPSA) is 145 Å². The maximum Gasteiger partial charge on any atom is 0.270 e. The molecular weight excluding hydrogens is 454 g/mol. The number of carbonyl (C=O) groups is 3. The van der Waals surface area contributed by atoms with Gasteiger partial charge in [-0.15, -0.1) is 0 Å². The molecule has 2 aromatic heterocycles. The summed E-state index contributed by atoms with van der Waals surface area (Å²) in [6.45, 7) is 6.55. The summed E-state index contributed by atoms with van der Waals surface area (Å²) in [5.74, 6) is -0.820. The van der Waals surface area contributed by atoms with E-state index in [4.69, 9.17) is 15.9 Å². The lowest BCUT2D eigenvalue weighted by Gasteiger charge is -2.30. The van der Waals surface area contributed by atoms with Crippen molar-refractivity contribution >= 4 is 34.9 Å². The van der Waals surface area contributed by atoms with Crippen LogP contribution in [0.15, 0.2) is 47.1 Å². The predicted molar refractivity (Wildman–Crippen MR) is 130 cm³/mol. The van der Waals surface area contributed by atoms with E-state index in [9.17, 15) is 14.4 Å². The Labute approximate surface area is 202 Å². The number of nitrogens with one attached hydrogen (secondary N) is 1. The number of aryl methyl sites for hydroxylation is 1. The molecule has 0 aliphatic rings. The maximum atomic E-state index is 13.7. The van der Waals surface area contributed by atoms with Crippen LogP contribution >= 0.6 is 11.5 Å². The van der Waals surface area contributed by atoms with Gasteiger partial charge < -0.3 is 26.1 Å². The van der Waals surface area contributed by atoms with Gasteiger partial charge in [0.2, 0.25) is 5.91 Å². The van der Waals surface area contributed by atoms with Crippen LogP contribution in [-0.2, 0) is 11.3 Å². The quantitative estimate of drug-likeness (QED) is 0.404. The molecule has 0 unspecified atom stereocenters. The Hall–Kier alpha value is -3.66. The van der Waals surface area contributed by atoms with Gasteiger partial charge in [-0.05, 0) is 48.5 Å². The molecule has 180 valence electrons. The van der Waals surface area contributed by atoms with Crippen LogP contribution < -0.4 is 16.8 Å². The average Bonchev–Trinajstić information content (AvgIpc) is 3.43. The molecular formula is C24H29N5O4S. The van der Waals surface area contributed by atoms with Gasteiger partial charge in [0.05, 0.1) is 18.5 Å². The summed E-state index contributed by atoms with van der Waals surface area (Å²) in [7, 11) is 0. The number of amides is 3. The first kappa shape index (κ1) is 25.0. The van der Waals surface area contributed by atoms with Gasteiger partial charge in [0, 0.05) is 6.54 Å². The van der Waals surface area contributed by atoms with E-state index in [-0.39, 0.29) is 28.7 Å². The third-order valence-corrected chi connectivity index (χ3v) is 6.15. The molecule has 0 aliphatic heterocycles. The zero-order chi connectivity index (χ0) is 24.8. The summed E-state index contributed by atoms with van der Waals surface area (Å²) < 4.78 is 9.42. The summed E-state index contributed by atoms with van der Waals surface area (Å²) in [5, 5.41) is 2.95. The van der Waals surface area contributed by atoms with Gasteiger partial charge >= 0.3 is 0 Å². The number of nitrogens with two attached hydrogens (primary N) is 2. The molecule has 0 aliphatic carbocycles. The molecule has 0 fully saturated rings. The second-order valence-corrected chi connectivity index (χ2v) is 9.21. The van der Waals surface area contributed by atoms with Crippen LogP contribution in [0.1, 0.15) is 63.4 Å². The van der Waals surface area contributed by atoms with Crippen molar-refractivity contribution in [3.8, 4) is 0 Å². The van der Waals surface area contributed by atoms with Gasteiger partial charge in [-0.2, -0.15) is 4.37 Å². The molecule has 1 atom stereocenters. The number of nitrogen functional groups attached to an aromatic ring is 1. The first-order valence-corrected chi connectivity index (χ1v) is 11.7. The minimum atomic E-state index is -0.969. The first-order chi connectivity index (χ1) is 16.2. The van der Waals surface area contributed by atoms with Crippen molar-refractivity contribution in [2.75, 3.05) is 12.3 Å². The van der Waals surface area contributed by atoms with Gasteiger partial charge in [-0.25, -0.2) is 0 Å². The number of aromatic nitrogens is 1. The largest absolute Gasteiger partial charge is 0.467 e. The Morgan fingerprint density at radius 2 is 1.88 bits per heavy atom. The molecule has 3 amide bonds. The van der Waals surface area contributed by atoms with Gasteiger partial charge in [0.15, 0.2) is 5.69 Å². The number of nitrogens with zero attached hydrogens (tertiary/aromatic N) is 2. The summed E-state index contributed by atoms with van der Waals surface area (Å²) >= 11 is 0.773. The van der Waals surface area contributed by atoms with Gasteiger partial charge in [0.25, 0.3) is 11.8 Å². The molecule has 0 radical (unpaired) electrons. The van der Waals surface area contributed by atoms with Crippen molar-refractivity contribution in [3.05, 3.63) is 70.1 Å².